The van der Waals surface area contributed by atoms with Crippen LogP contribution in [0.5, 0.6) is 0 Å². The summed E-state index contributed by atoms with van der Waals surface area (Å²) < 4.78 is 4.51. The molecule has 0 aliphatic heterocycles. The van der Waals surface area contributed by atoms with Gasteiger partial charge in [-0.25, -0.2) is 4.98 Å². The van der Waals surface area contributed by atoms with Crippen molar-refractivity contribution < 1.29 is 4.68 Å². The molecule has 0 N–H and O–H groups in total. The highest BCUT2D eigenvalue weighted by Crippen LogP contribution is 2.57. The fourth-order valence-corrected chi connectivity index (χ4v) is 9.85. The quantitative estimate of drug-likeness (QED) is 0.122. The molecule has 0 radical (unpaired) electrons. The number of pyridine rings is 1. The molecule has 3 nitrogen and oxygen atoms in total. The van der Waals surface area contributed by atoms with Gasteiger partial charge in [-0.05, 0) is 92.4 Å². The number of rotatable bonds is 6. The van der Waals surface area contributed by atoms with Gasteiger partial charge in [0, 0.05) is 28.5 Å². The molecule has 0 unspecified atom stereocenters. The first-order chi connectivity index (χ1) is 29.8. The highest BCUT2D eigenvalue weighted by atomic mass is 15.4. The van der Waals surface area contributed by atoms with Crippen LogP contribution < -0.4 is 4.68 Å². The Kier molecular flexibility index (Phi) is 7.76. The van der Waals surface area contributed by atoms with Crippen molar-refractivity contribution in [2.45, 2.75) is 5.41 Å². The minimum absolute atomic E-state index is 0.472. The van der Waals surface area contributed by atoms with Gasteiger partial charge in [-0.2, -0.15) is 0 Å². The van der Waals surface area contributed by atoms with Crippen molar-refractivity contribution in [3.63, 3.8) is 0 Å². The van der Waals surface area contributed by atoms with Crippen molar-refractivity contribution in [2.75, 3.05) is 0 Å². The molecule has 1 aliphatic carbocycles. The van der Waals surface area contributed by atoms with Gasteiger partial charge >= 0.3 is 0 Å². The van der Waals surface area contributed by atoms with Crippen molar-refractivity contribution >= 4 is 32.6 Å². The third-order valence-corrected chi connectivity index (χ3v) is 12.5. The lowest BCUT2D eigenvalue weighted by atomic mass is 9.67. The number of hydrogen-bond acceptors (Lipinski definition) is 1. The Morgan fingerprint density at radius 2 is 1.00 bits per heavy atom. The molecule has 0 saturated heterocycles. The van der Waals surface area contributed by atoms with Gasteiger partial charge in [-0.15, -0.1) is 4.68 Å². The summed E-state index contributed by atoms with van der Waals surface area (Å²) in [5, 5.41) is 4.72. The van der Waals surface area contributed by atoms with E-state index < -0.39 is 5.41 Å². The average Bonchev–Trinajstić information content (AvgIpc) is 3.86. The molecule has 1 aliphatic rings. The van der Waals surface area contributed by atoms with Gasteiger partial charge in [0.15, 0.2) is 0 Å². The smallest absolute Gasteiger partial charge is 0.236 e. The van der Waals surface area contributed by atoms with E-state index in [4.69, 9.17) is 4.98 Å². The van der Waals surface area contributed by atoms with Crippen molar-refractivity contribution in [1.29, 1.82) is 0 Å². The SMILES string of the molecule is c1ccc(-[n+]2cc3ccccc3n2-c2ccc(-c3ccc(-c4nc5ccccc5c5cc6c(cc45)-c4ccccc4C6(c4ccccc4)c4ccccc4)cc3)cc2)cc1. The highest BCUT2D eigenvalue weighted by Gasteiger charge is 2.46. The van der Waals surface area contributed by atoms with Gasteiger partial charge in [0.05, 0.1) is 22.0 Å². The minimum atomic E-state index is -0.472. The van der Waals surface area contributed by atoms with Crippen molar-refractivity contribution in [2.24, 2.45) is 0 Å². The van der Waals surface area contributed by atoms with Crippen molar-refractivity contribution in [1.82, 2.24) is 9.67 Å². The highest BCUT2D eigenvalue weighted by molar-refractivity contribution is 6.13. The van der Waals surface area contributed by atoms with E-state index in [1.165, 1.54) is 44.2 Å². The molecule has 0 bridgehead atoms. The van der Waals surface area contributed by atoms with Crippen LogP contribution >= 0.6 is 0 Å². The van der Waals surface area contributed by atoms with Gasteiger partial charge in [-0.1, -0.05) is 175 Å². The number of nitrogens with zero attached hydrogens (tertiary/aromatic N) is 3. The Morgan fingerprint density at radius 1 is 0.417 bits per heavy atom. The summed E-state index contributed by atoms with van der Waals surface area (Å²) >= 11 is 0. The van der Waals surface area contributed by atoms with Gasteiger partial charge in [0.2, 0.25) is 11.9 Å². The van der Waals surface area contributed by atoms with Crippen LogP contribution in [0.1, 0.15) is 22.3 Å². The first-order valence-corrected chi connectivity index (χ1v) is 20.6. The lowest BCUT2D eigenvalue weighted by molar-refractivity contribution is -0.672. The summed E-state index contributed by atoms with van der Waals surface area (Å²) in [5.74, 6) is 0. The Labute approximate surface area is 348 Å². The Hall–Kier alpha value is -7.88. The first kappa shape index (κ1) is 34.2. The number of para-hydroxylation sites is 3. The Morgan fingerprint density at radius 3 is 1.73 bits per heavy atom. The monoisotopic (exact) mass is 764 g/mol. The fraction of sp³-hybridized carbons (Fsp3) is 0.0175. The zero-order chi connectivity index (χ0) is 39.6. The molecule has 9 aromatic carbocycles. The summed E-state index contributed by atoms with van der Waals surface area (Å²) in [4.78, 5) is 5.40. The molecular formula is C57H38N3+. The second-order valence-corrected chi connectivity index (χ2v) is 15.8. The number of benzene rings is 9. The maximum Gasteiger partial charge on any atom is 0.236 e. The van der Waals surface area contributed by atoms with E-state index in [-0.39, 0.29) is 0 Å². The summed E-state index contributed by atoms with van der Waals surface area (Å²) in [5.41, 5.74) is 16.0. The molecule has 0 fully saturated rings. The topological polar surface area (TPSA) is 21.7 Å². The van der Waals surface area contributed by atoms with Crippen molar-refractivity contribution in [3.8, 4) is 44.9 Å². The van der Waals surface area contributed by atoms with Crippen LogP contribution in [-0.2, 0) is 5.41 Å². The second kappa shape index (κ2) is 13.6. The van der Waals surface area contributed by atoms with E-state index in [2.05, 4.69) is 240 Å². The second-order valence-electron chi connectivity index (χ2n) is 15.8. The molecule has 280 valence electrons. The van der Waals surface area contributed by atoms with Crippen molar-refractivity contribution in [3.05, 3.63) is 253 Å². The molecular weight excluding hydrogens is 727 g/mol. The molecule has 0 spiro atoms. The summed E-state index contributed by atoms with van der Waals surface area (Å²) in [6.45, 7) is 0. The average molecular weight is 765 g/mol. The molecule has 12 rings (SSSR count). The number of hydrogen-bond donors (Lipinski definition) is 0. The minimum Gasteiger partial charge on any atom is -0.247 e. The lowest BCUT2D eigenvalue weighted by Crippen LogP contribution is -2.39. The van der Waals surface area contributed by atoms with Crippen LogP contribution in [0.15, 0.2) is 231 Å². The van der Waals surface area contributed by atoms with Crippen LogP contribution in [0.2, 0.25) is 0 Å². The maximum atomic E-state index is 5.40. The summed E-state index contributed by atoms with van der Waals surface area (Å²) in [6, 6.07) is 81.4. The molecule has 60 heavy (non-hydrogen) atoms. The molecule has 2 aromatic heterocycles. The molecule has 3 heteroatoms. The molecule has 0 saturated carbocycles. The Balaban J connectivity index is 0.993. The third-order valence-electron chi connectivity index (χ3n) is 12.5. The maximum absolute atomic E-state index is 5.40. The van der Waals surface area contributed by atoms with E-state index in [1.54, 1.807) is 0 Å². The van der Waals surface area contributed by atoms with Gasteiger partial charge < -0.3 is 0 Å². The van der Waals surface area contributed by atoms with Crippen LogP contribution in [-0.4, -0.2) is 9.67 Å². The zero-order valence-corrected chi connectivity index (χ0v) is 32.8. The van der Waals surface area contributed by atoms with Gasteiger partial charge in [0.1, 0.15) is 11.2 Å². The predicted molar refractivity (Wildman–Crippen MR) is 246 cm³/mol. The normalized spacial score (nSPS) is 12.8. The molecule has 2 heterocycles. The molecule has 0 amide bonds. The van der Waals surface area contributed by atoms with Gasteiger partial charge in [0.25, 0.3) is 0 Å². The predicted octanol–water partition coefficient (Wildman–Crippen LogP) is 13.3. The van der Waals surface area contributed by atoms with E-state index in [1.807, 2.05) is 0 Å². The zero-order valence-electron chi connectivity index (χ0n) is 32.8. The first-order valence-electron chi connectivity index (χ1n) is 20.6. The Bertz CT molecular complexity index is 3350. The summed E-state index contributed by atoms with van der Waals surface area (Å²) in [7, 11) is 0. The van der Waals surface area contributed by atoms with Crippen LogP contribution in [0.4, 0.5) is 0 Å². The van der Waals surface area contributed by atoms with Crippen LogP contribution in [0.25, 0.3) is 77.5 Å². The van der Waals surface area contributed by atoms with E-state index in [9.17, 15) is 0 Å². The molecule has 11 aromatic rings. The van der Waals surface area contributed by atoms with Gasteiger partial charge in [-0.3, -0.25) is 0 Å². The van der Waals surface area contributed by atoms with Crippen LogP contribution in [0, 0.1) is 0 Å². The molecule has 0 atom stereocenters. The van der Waals surface area contributed by atoms with E-state index >= 15 is 0 Å². The fourth-order valence-electron chi connectivity index (χ4n) is 9.85. The number of fused-ring (bicyclic) bond motifs is 7. The van der Waals surface area contributed by atoms with E-state index in [0.717, 1.165) is 55.6 Å². The standard InChI is InChI=1S/C57H38N3/c1-4-17-43(18-5-1)57(44-19-6-2-7-20-44)52-25-13-11-23-47(52)50-36-51-49(37-53(50)57)48-24-12-14-26-54(48)58-56(51)41-30-28-39(29-31-41)40-32-34-46(35-33-40)60-55-27-15-10-16-42(55)38-59(60)45-21-8-3-9-22-45/h1-38H/q+1. The number of aromatic nitrogens is 3. The van der Waals surface area contributed by atoms with Crippen LogP contribution in [0.3, 0.4) is 0 Å². The lowest BCUT2D eigenvalue weighted by Gasteiger charge is -2.34. The third kappa shape index (κ3) is 5.16. The largest absolute Gasteiger partial charge is 0.247 e. The van der Waals surface area contributed by atoms with E-state index in [0.29, 0.717) is 0 Å². The summed E-state index contributed by atoms with van der Waals surface area (Å²) in [6.07, 6.45) is 2.21.